The molecule has 21 heavy (non-hydrogen) atoms. The molecular formula is C13H25N5O3. The average Bonchev–Trinajstić information content (AvgIpc) is 2.46. The number of nitrogens with one attached hydrogen (secondary N) is 1. The fourth-order valence-electron chi connectivity index (χ4n) is 1.61. The molecule has 0 bridgehead atoms. The number of nitrogens with two attached hydrogens (primary N) is 2. The summed E-state index contributed by atoms with van der Waals surface area (Å²) in [7, 11) is 1.67. The summed E-state index contributed by atoms with van der Waals surface area (Å²) in [6.07, 6.45) is 1.63. The fraction of sp³-hybridized carbons (Fsp3) is 0.692. The molecular weight excluding hydrogens is 274 g/mol. The van der Waals surface area contributed by atoms with Gasteiger partial charge in [0, 0.05) is 39.9 Å². The molecule has 0 aliphatic heterocycles. The number of methoxy groups -OCH3 is 1. The Hall–Kier alpha value is -1.80. The first-order valence-electron chi connectivity index (χ1n) is 7.05. The minimum absolute atomic E-state index is 0.131. The Kier molecular flexibility index (Phi) is 8.22. The Labute approximate surface area is 125 Å². The standard InChI is InChI=1S/C13H25N5O3/c1-3-16-11-10(14)12(18-13(15)17-11)21-9-5-8-20-7-4-6-19-2/h3-9,14H2,1-2H3,(H3,15,16,17,18). The Bertz CT molecular complexity index is 417. The number of anilines is 3. The van der Waals surface area contributed by atoms with Crippen molar-refractivity contribution in [2.24, 2.45) is 0 Å². The van der Waals surface area contributed by atoms with Crippen LogP contribution in [0, 0.1) is 0 Å². The highest BCUT2D eigenvalue weighted by atomic mass is 16.5. The molecule has 0 spiro atoms. The Morgan fingerprint density at radius 3 is 2.43 bits per heavy atom. The van der Waals surface area contributed by atoms with Crippen LogP contribution >= 0.6 is 0 Å². The lowest BCUT2D eigenvalue weighted by atomic mass is 10.4. The third-order valence-corrected chi connectivity index (χ3v) is 2.58. The molecule has 8 heteroatoms. The van der Waals surface area contributed by atoms with E-state index in [2.05, 4.69) is 15.3 Å². The third kappa shape index (κ3) is 6.46. The van der Waals surface area contributed by atoms with E-state index in [1.807, 2.05) is 6.92 Å². The zero-order chi connectivity index (χ0) is 15.5. The quantitative estimate of drug-likeness (QED) is 0.516. The smallest absolute Gasteiger partial charge is 0.244 e. The topological polar surface area (TPSA) is 118 Å². The molecule has 0 saturated carbocycles. The van der Waals surface area contributed by atoms with E-state index in [4.69, 9.17) is 25.7 Å². The van der Waals surface area contributed by atoms with E-state index in [9.17, 15) is 0 Å². The fourth-order valence-corrected chi connectivity index (χ4v) is 1.61. The summed E-state index contributed by atoms with van der Waals surface area (Å²) in [6, 6.07) is 0. The zero-order valence-electron chi connectivity index (χ0n) is 12.7. The van der Waals surface area contributed by atoms with Gasteiger partial charge < -0.3 is 31.0 Å². The number of nitrogen functional groups attached to an aromatic ring is 2. The Morgan fingerprint density at radius 2 is 1.76 bits per heavy atom. The van der Waals surface area contributed by atoms with Crippen LogP contribution in [0.15, 0.2) is 0 Å². The summed E-state index contributed by atoms with van der Waals surface area (Å²) in [5.41, 5.74) is 11.9. The van der Waals surface area contributed by atoms with E-state index in [0.29, 0.717) is 50.4 Å². The van der Waals surface area contributed by atoms with Crippen LogP contribution in [0.3, 0.4) is 0 Å². The molecule has 1 heterocycles. The number of aromatic nitrogens is 2. The molecule has 0 aliphatic carbocycles. The van der Waals surface area contributed by atoms with Crippen molar-refractivity contribution < 1.29 is 14.2 Å². The van der Waals surface area contributed by atoms with Crippen molar-refractivity contribution in [1.82, 2.24) is 9.97 Å². The molecule has 1 rings (SSSR count). The largest absolute Gasteiger partial charge is 0.476 e. The lowest BCUT2D eigenvalue weighted by molar-refractivity contribution is 0.0937. The lowest BCUT2D eigenvalue weighted by Crippen LogP contribution is -2.11. The van der Waals surface area contributed by atoms with Gasteiger partial charge in [0.05, 0.1) is 6.61 Å². The van der Waals surface area contributed by atoms with E-state index < -0.39 is 0 Å². The van der Waals surface area contributed by atoms with E-state index in [0.717, 1.165) is 12.8 Å². The summed E-state index contributed by atoms with van der Waals surface area (Å²) in [4.78, 5) is 8.02. The second-order valence-corrected chi connectivity index (χ2v) is 4.34. The highest BCUT2D eigenvalue weighted by Gasteiger charge is 2.11. The molecule has 0 atom stereocenters. The predicted molar refractivity (Wildman–Crippen MR) is 82.4 cm³/mol. The van der Waals surface area contributed by atoms with Crippen LogP contribution in [-0.2, 0) is 9.47 Å². The van der Waals surface area contributed by atoms with Crippen LogP contribution in [-0.4, -0.2) is 50.1 Å². The number of nitrogens with zero attached hydrogens (tertiary/aromatic N) is 2. The van der Waals surface area contributed by atoms with E-state index in [1.165, 1.54) is 0 Å². The molecule has 0 unspecified atom stereocenters. The molecule has 0 amide bonds. The van der Waals surface area contributed by atoms with E-state index in [-0.39, 0.29) is 5.95 Å². The highest BCUT2D eigenvalue weighted by Crippen LogP contribution is 2.26. The summed E-state index contributed by atoms with van der Waals surface area (Å²) in [5.74, 6) is 0.930. The van der Waals surface area contributed by atoms with Crippen LogP contribution in [0.1, 0.15) is 19.8 Å². The SMILES string of the molecule is CCNc1nc(N)nc(OCCCOCCCOC)c1N. The molecule has 1 aromatic rings. The van der Waals surface area contributed by atoms with Gasteiger partial charge in [0.1, 0.15) is 5.69 Å². The van der Waals surface area contributed by atoms with Crippen molar-refractivity contribution in [3.05, 3.63) is 0 Å². The van der Waals surface area contributed by atoms with Gasteiger partial charge in [0.25, 0.3) is 0 Å². The molecule has 1 aromatic heterocycles. The van der Waals surface area contributed by atoms with E-state index >= 15 is 0 Å². The first kappa shape index (κ1) is 17.3. The summed E-state index contributed by atoms with van der Waals surface area (Å²) < 4.78 is 15.9. The maximum atomic E-state index is 5.92. The minimum Gasteiger partial charge on any atom is -0.476 e. The molecule has 8 nitrogen and oxygen atoms in total. The van der Waals surface area contributed by atoms with Gasteiger partial charge in [-0.2, -0.15) is 9.97 Å². The van der Waals surface area contributed by atoms with Crippen molar-refractivity contribution in [3.63, 3.8) is 0 Å². The van der Waals surface area contributed by atoms with Gasteiger partial charge in [-0.1, -0.05) is 0 Å². The maximum absolute atomic E-state index is 5.92. The van der Waals surface area contributed by atoms with Crippen LogP contribution in [0.2, 0.25) is 0 Å². The first-order valence-corrected chi connectivity index (χ1v) is 7.05. The number of ether oxygens (including phenoxy) is 3. The summed E-state index contributed by atoms with van der Waals surface area (Å²) in [5, 5.41) is 3.01. The summed E-state index contributed by atoms with van der Waals surface area (Å²) >= 11 is 0. The monoisotopic (exact) mass is 299 g/mol. The first-order chi connectivity index (χ1) is 10.2. The van der Waals surface area contributed by atoms with Crippen molar-refractivity contribution in [1.29, 1.82) is 0 Å². The van der Waals surface area contributed by atoms with Gasteiger partial charge in [-0.15, -0.1) is 0 Å². The van der Waals surface area contributed by atoms with Gasteiger partial charge >= 0.3 is 0 Å². The van der Waals surface area contributed by atoms with E-state index in [1.54, 1.807) is 7.11 Å². The molecule has 0 saturated heterocycles. The Balaban J connectivity index is 2.31. The van der Waals surface area contributed by atoms with Crippen molar-refractivity contribution in [2.75, 3.05) is 56.9 Å². The molecule has 120 valence electrons. The molecule has 5 N–H and O–H groups in total. The lowest BCUT2D eigenvalue weighted by Gasteiger charge is -2.12. The second-order valence-electron chi connectivity index (χ2n) is 4.34. The Morgan fingerprint density at radius 1 is 1.05 bits per heavy atom. The van der Waals surface area contributed by atoms with Gasteiger partial charge in [-0.3, -0.25) is 0 Å². The zero-order valence-corrected chi connectivity index (χ0v) is 12.7. The van der Waals surface area contributed by atoms with Gasteiger partial charge in [0.2, 0.25) is 11.8 Å². The van der Waals surface area contributed by atoms with Gasteiger partial charge in [0.15, 0.2) is 5.82 Å². The predicted octanol–water partition coefficient (Wildman–Crippen LogP) is 0.895. The number of hydrogen-bond donors (Lipinski definition) is 3. The second kappa shape index (κ2) is 10.0. The van der Waals surface area contributed by atoms with Crippen LogP contribution in [0.4, 0.5) is 17.5 Å². The van der Waals surface area contributed by atoms with Crippen molar-refractivity contribution >= 4 is 17.5 Å². The molecule has 0 fully saturated rings. The molecule has 0 aromatic carbocycles. The van der Waals surface area contributed by atoms with Gasteiger partial charge in [-0.25, -0.2) is 0 Å². The summed E-state index contributed by atoms with van der Waals surface area (Å²) in [6.45, 7) is 5.09. The average molecular weight is 299 g/mol. The minimum atomic E-state index is 0.131. The molecule has 0 radical (unpaired) electrons. The highest BCUT2D eigenvalue weighted by molar-refractivity contribution is 5.68. The third-order valence-electron chi connectivity index (χ3n) is 2.58. The maximum Gasteiger partial charge on any atom is 0.244 e. The van der Waals surface area contributed by atoms with Crippen molar-refractivity contribution in [3.8, 4) is 5.88 Å². The van der Waals surface area contributed by atoms with Crippen LogP contribution in [0.5, 0.6) is 5.88 Å². The number of rotatable bonds is 11. The van der Waals surface area contributed by atoms with Crippen LogP contribution < -0.4 is 21.5 Å². The van der Waals surface area contributed by atoms with Crippen molar-refractivity contribution in [2.45, 2.75) is 19.8 Å². The normalized spacial score (nSPS) is 10.6. The van der Waals surface area contributed by atoms with Gasteiger partial charge in [-0.05, 0) is 13.3 Å². The van der Waals surface area contributed by atoms with Crippen LogP contribution in [0.25, 0.3) is 0 Å². The molecule has 0 aliphatic rings. The number of hydrogen-bond acceptors (Lipinski definition) is 8.